The molecule has 0 aromatic rings. The largest absolute Gasteiger partial charge is 0.389 e. The van der Waals surface area contributed by atoms with Crippen LogP contribution in [0.1, 0.15) is 0 Å². The third-order valence-corrected chi connectivity index (χ3v) is 1.77. The SMILES string of the molecule is OCC(F)(F)N1CCNCC1. The zero-order chi connectivity index (χ0) is 8.32. The lowest BCUT2D eigenvalue weighted by Crippen LogP contribution is -2.53. The highest BCUT2D eigenvalue weighted by Gasteiger charge is 2.36. The lowest BCUT2D eigenvalue weighted by atomic mass is 10.3. The van der Waals surface area contributed by atoms with E-state index in [-0.39, 0.29) is 0 Å². The fourth-order valence-corrected chi connectivity index (χ4v) is 1.09. The van der Waals surface area contributed by atoms with Crippen molar-refractivity contribution in [1.29, 1.82) is 0 Å². The molecule has 0 amide bonds. The van der Waals surface area contributed by atoms with Crippen molar-refractivity contribution in [2.45, 2.75) is 6.05 Å². The van der Waals surface area contributed by atoms with Gasteiger partial charge in [-0.15, -0.1) is 0 Å². The van der Waals surface area contributed by atoms with E-state index in [4.69, 9.17) is 5.11 Å². The summed E-state index contributed by atoms with van der Waals surface area (Å²) in [5, 5.41) is 11.3. The lowest BCUT2D eigenvalue weighted by molar-refractivity contribution is -0.176. The molecule has 11 heavy (non-hydrogen) atoms. The molecular formula is C6H12F2N2O. The summed E-state index contributed by atoms with van der Waals surface area (Å²) in [4.78, 5) is 0.990. The second-order valence-electron chi connectivity index (χ2n) is 2.56. The molecule has 0 unspecified atom stereocenters. The highest BCUT2D eigenvalue weighted by molar-refractivity contribution is 4.74. The number of nitrogens with zero attached hydrogens (tertiary/aromatic N) is 1. The summed E-state index contributed by atoms with van der Waals surface area (Å²) in [5.41, 5.74) is 0. The molecule has 2 N–H and O–H groups in total. The van der Waals surface area contributed by atoms with Crippen molar-refractivity contribution in [2.24, 2.45) is 0 Å². The molecular weight excluding hydrogens is 154 g/mol. The van der Waals surface area contributed by atoms with Gasteiger partial charge in [-0.25, -0.2) is 4.90 Å². The van der Waals surface area contributed by atoms with Gasteiger partial charge in [-0.05, 0) is 0 Å². The Morgan fingerprint density at radius 2 is 1.91 bits per heavy atom. The summed E-state index contributed by atoms with van der Waals surface area (Å²) in [6.07, 6.45) is 0. The van der Waals surface area contributed by atoms with Crippen LogP contribution in [0, 0.1) is 0 Å². The Labute approximate surface area is 64.0 Å². The number of halogens is 2. The van der Waals surface area contributed by atoms with E-state index < -0.39 is 12.7 Å². The monoisotopic (exact) mass is 166 g/mol. The van der Waals surface area contributed by atoms with Crippen LogP contribution >= 0.6 is 0 Å². The van der Waals surface area contributed by atoms with Crippen molar-refractivity contribution in [3.8, 4) is 0 Å². The maximum Gasteiger partial charge on any atom is 0.327 e. The van der Waals surface area contributed by atoms with Crippen LogP contribution in [0.2, 0.25) is 0 Å². The molecule has 1 aliphatic rings. The minimum absolute atomic E-state index is 0.299. The number of rotatable bonds is 2. The fraction of sp³-hybridized carbons (Fsp3) is 1.00. The van der Waals surface area contributed by atoms with Crippen LogP contribution < -0.4 is 5.32 Å². The molecule has 0 aromatic heterocycles. The van der Waals surface area contributed by atoms with E-state index in [1.54, 1.807) is 0 Å². The number of aliphatic hydroxyl groups excluding tert-OH is 1. The topological polar surface area (TPSA) is 35.5 Å². The van der Waals surface area contributed by atoms with Crippen molar-refractivity contribution in [1.82, 2.24) is 10.2 Å². The van der Waals surface area contributed by atoms with E-state index in [0.29, 0.717) is 26.2 Å². The maximum absolute atomic E-state index is 12.7. The number of hydrogen-bond acceptors (Lipinski definition) is 3. The van der Waals surface area contributed by atoms with Crippen LogP contribution in [0.15, 0.2) is 0 Å². The molecule has 66 valence electrons. The Balaban J connectivity index is 2.43. The molecule has 0 aromatic carbocycles. The number of piperazine rings is 1. The zero-order valence-electron chi connectivity index (χ0n) is 6.19. The summed E-state index contributed by atoms with van der Waals surface area (Å²) in [5.74, 6) is 0. The van der Waals surface area contributed by atoms with Crippen LogP contribution in [-0.4, -0.2) is 48.8 Å². The standard InChI is InChI=1S/C6H12F2N2O/c7-6(8,5-11)10-3-1-9-2-4-10/h9,11H,1-5H2. The third-order valence-electron chi connectivity index (χ3n) is 1.77. The molecule has 0 radical (unpaired) electrons. The first-order chi connectivity index (χ1) is 5.17. The number of aliphatic hydroxyl groups is 1. The quantitative estimate of drug-likeness (QED) is 0.542. The van der Waals surface area contributed by atoms with Crippen molar-refractivity contribution in [2.75, 3.05) is 32.8 Å². The molecule has 1 aliphatic heterocycles. The van der Waals surface area contributed by atoms with Crippen molar-refractivity contribution >= 4 is 0 Å². The predicted molar refractivity (Wildman–Crippen MR) is 36.5 cm³/mol. The van der Waals surface area contributed by atoms with Gasteiger partial charge in [0, 0.05) is 26.2 Å². The van der Waals surface area contributed by atoms with E-state index in [1.165, 1.54) is 0 Å². The Morgan fingerprint density at radius 1 is 1.36 bits per heavy atom. The first-order valence-corrected chi connectivity index (χ1v) is 3.61. The predicted octanol–water partition coefficient (Wildman–Crippen LogP) is -0.523. The second-order valence-corrected chi connectivity index (χ2v) is 2.56. The van der Waals surface area contributed by atoms with E-state index >= 15 is 0 Å². The van der Waals surface area contributed by atoms with Crippen LogP contribution in [0.3, 0.4) is 0 Å². The molecule has 1 saturated heterocycles. The molecule has 1 heterocycles. The molecule has 0 aliphatic carbocycles. The van der Waals surface area contributed by atoms with Crippen LogP contribution in [0.25, 0.3) is 0 Å². The minimum Gasteiger partial charge on any atom is -0.389 e. The Morgan fingerprint density at radius 3 is 2.36 bits per heavy atom. The summed E-state index contributed by atoms with van der Waals surface area (Å²) in [6, 6.07) is -3.04. The van der Waals surface area contributed by atoms with Crippen molar-refractivity contribution in [3.63, 3.8) is 0 Å². The van der Waals surface area contributed by atoms with Gasteiger partial charge in [-0.1, -0.05) is 0 Å². The van der Waals surface area contributed by atoms with Gasteiger partial charge < -0.3 is 10.4 Å². The maximum atomic E-state index is 12.7. The Bertz CT molecular complexity index is 126. The molecule has 3 nitrogen and oxygen atoms in total. The Hall–Kier alpha value is -0.260. The van der Waals surface area contributed by atoms with Crippen LogP contribution in [-0.2, 0) is 0 Å². The van der Waals surface area contributed by atoms with Crippen molar-refractivity contribution < 1.29 is 13.9 Å². The highest BCUT2D eigenvalue weighted by Crippen LogP contribution is 2.18. The molecule has 0 spiro atoms. The lowest BCUT2D eigenvalue weighted by Gasteiger charge is -2.32. The van der Waals surface area contributed by atoms with E-state index in [2.05, 4.69) is 5.32 Å². The first kappa shape index (κ1) is 8.83. The average molecular weight is 166 g/mol. The first-order valence-electron chi connectivity index (χ1n) is 3.61. The molecule has 5 heteroatoms. The number of hydrogen-bond donors (Lipinski definition) is 2. The zero-order valence-corrected chi connectivity index (χ0v) is 6.19. The van der Waals surface area contributed by atoms with Gasteiger partial charge in [0.25, 0.3) is 0 Å². The van der Waals surface area contributed by atoms with E-state index in [9.17, 15) is 8.78 Å². The smallest absolute Gasteiger partial charge is 0.327 e. The number of alkyl halides is 2. The molecule has 0 bridgehead atoms. The summed E-state index contributed by atoms with van der Waals surface area (Å²) in [7, 11) is 0. The summed E-state index contributed by atoms with van der Waals surface area (Å²) in [6.45, 7) is 0.638. The molecule has 0 atom stereocenters. The molecule has 1 rings (SSSR count). The van der Waals surface area contributed by atoms with E-state index in [1.807, 2.05) is 0 Å². The third kappa shape index (κ3) is 2.08. The van der Waals surface area contributed by atoms with Gasteiger partial charge in [-0.2, -0.15) is 8.78 Å². The number of nitrogens with one attached hydrogen (secondary N) is 1. The highest BCUT2D eigenvalue weighted by atomic mass is 19.3. The average Bonchev–Trinajstić information content (AvgIpc) is 2.06. The summed E-state index contributed by atoms with van der Waals surface area (Å²) >= 11 is 0. The molecule has 0 saturated carbocycles. The summed E-state index contributed by atoms with van der Waals surface area (Å²) < 4.78 is 25.4. The van der Waals surface area contributed by atoms with Gasteiger partial charge in [0.05, 0.1) is 0 Å². The normalized spacial score (nSPS) is 22.1. The van der Waals surface area contributed by atoms with Gasteiger partial charge in [0.1, 0.15) is 6.61 Å². The Kier molecular flexibility index (Phi) is 2.75. The second kappa shape index (κ2) is 3.42. The van der Waals surface area contributed by atoms with Gasteiger partial charge >= 0.3 is 6.05 Å². The van der Waals surface area contributed by atoms with Gasteiger partial charge in [0.15, 0.2) is 0 Å². The minimum atomic E-state index is -3.04. The fourth-order valence-electron chi connectivity index (χ4n) is 1.09. The van der Waals surface area contributed by atoms with Crippen LogP contribution in [0.4, 0.5) is 8.78 Å². The molecule has 1 fully saturated rings. The van der Waals surface area contributed by atoms with Gasteiger partial charge in [0.2, 0.25) is 0 Å². The van der Waals surface area contributed by atoms with Crippen LogP contribution in [0.5, 0.6) is 0 Å². The van der Waals surface area contributed by atoms with Crippen molar-refractivity contribution in [3.05, 3.63) is 0 Å². The van der Waals surface area contributed by atoms with Gasteiger partial charge in [-0.3, -0.25) is 0 Å². The van der Waals surface area contributed by atoms with E-state index in [0.717, 1.165) is 4.90 Å².